The molecule has 2 aromatic carbocycles. The number of hydrogen-bond donors (Lipinski definition) is 2. The number of carbonyl (C=O) groups is 1. The van der Waals surface area contributed by atoms with Gasteiger partial charge in [-0.25, -0.2) is 14.8 Å². The molecule has 6 heterocycles. The molecule has 0 atom stereocenters. The number of likely N-dealkylation sites (N-methyl/N-ethyl adjacent to an activating group) is 2. The van der Waals surface area contributed by atoms with Crippen molar-refractivity contribution in [2.24, 2.45) is 0 Å². The number of nitrogens with zero attached hydrogens (tertiary/aromatic N) is 12. The maximum absolute atomic E-state index is 14.3. The molecule has 2 aliphatic heterocycles. The fraction of sp³-hybridized carbons (Fsp3) is 0.531. The van der Waals surface area contributed by atoms with Crippen LogP contribution in [-0.2, 0) is 56.3 Å². The number of nitrogens with two attached hydrogens (primary N) is 2. The normalized spacial score (nSPS) is 15.8. The maximum Gasteiger partial charge on any atom is 0.510 e. The van der Waals surface area contributed by atoms with Crippen LogP contribution < -0.4 is 20.9 Å². The van der Waals surface area contributed by atoms with E-state index in [4.69, 9.17) is 59.8 Å². The third-order valence-electron chi connectivity index (χ3n) is 12.7. The Morgan fingerprint density at radius 2 is 0.914 bits per heavy atom. The summed E-state index contributed by atoms with van der Waals surface area (Å²) in [6, 6.07) is 17.0. The van der Waals surface area contributed by atoms with Gasteiger partial charge in [-0.1, -0.05) is 48.5 Å². The fourth-order valence-electron chi connectivity index (χ4n) is 8.86. The van der Waals surface area contributed by atoms with Gasteiger partial charge in [-0.3, -0.25) is 9.80 Å². The number of ether oxygens (including phenoxy) is 6. The van der Waals surface area contributed by atoms with Crippen LogP contribution in [0.1, 0.15) is 61.6 Å². The predicted molar refractivity (Wildman–Crippen MR) is 264 cm³/mol. The zero-order valence-electron chi connectivity index (χ0n) is 41.8. The van der Waals surface area contributed by atoms with E-state index in [1.165, 1.54) is 11.1 Å². The van der Waals surface area contributed by atoms with Gasteiger partial charge in [-0.05, 0) is 64.0 Å². The van der Waals surface area contributed by atoms with Crippen molar-refractivity contribution in [2.45, 2.75) is 65.1 Å². The quantitative estimate of drug-likeness (QED) is 0.0812. The minimum atomic E-state index is -1.40. The van der Waals surface area contributed by atoms with Crippen molar-refractivity contribution >= 4 is 40.1 Å². The first kappa shape index (κ1) is 50.2. The van der Waals surface area contributed by atoms with Gasteiger partial charge in [0.25, 0.3) is 0 Å². The topological polar surface area (TPSA) is 225 Å². The Kier molecular flexibility index (Phi) is 15.6. The lowest BCUT2D eigenvalue weighted by Crippen LogP contribution is -2.43. The molecule has 0 saturated carbocycles. The maximum atomic E-state index is 14.3. The highest BCUT2D eigenvalue weighted by molar-refractivity contribution is 5.84. The molecule has 21 nitrogen and oxygen atoms in total. The lowest BCUT2D eigenvalue weighted by molar-refractivity contribution is -0.0701. The molecule has 0 radical (unpaired) electrons. The molecule has 0 bridgehead atoms. The Morgan fingerprint density at radius 3 is 1.29 bits per heavy atom. The standard InChI is InChI=1S/C49H68N14O7/c1-48(2,43-52-37-39(50)54-45(67-25-23-65-7)56-41(37)62(43)31-35-13-9-11-33(27-35)29-60-19-15-58(5)16-20-60)69-47(64)70-49(3,4)44-53-38-40(51)55-46(68-26-24-66-8)57-42(38)63(44)32-36-14-10-12-34(28-36)30-61-21-17-59(6)18-22-61/h9-14,27-28H,15-26,29-32H2,1-8H3,(H2,50,54,56)(H2,51,55,57). The number of hydrogen-bond acceptors (Lipinski definition) is 19. The molecule has 4 N–H and O–H groups in total. The molecule has 8 rings (SSSR count). The average molecular weight is 965 g/mol. The van der Waals surface area contributed by atoms with Gasteiger partial charge in [-0.15, -0.1) is 0 Å². The highest BCUT2D eigenvalue weighted by Crippen LogP contribution is 2.35. The van der Waals surface area contributed by atoms with E-state index >= 15 is 0 Å². The Morgan fingerprint density at radius 1 is 0.543 bits per heavy atom. The molecule has 70 heavy (non-hydrogen) atoms. The summed E-state index contributed by atoms with van der Waals surface area (Å²) in [7, 11) is 7.48. The van der Waals surface area contributed by atoms with Crippen LogP contribution >= 0.6 is 0 Å². The van der Waals surface area contributed by atoms with E-state index in [1.54, 1.807) is 41.9 Å². The number of nitrogen functional groups attached to an aromatic ring is 2. The molecular formula is C49H68N14O7. The molecular weight excluding hydrogens is 897 g/mol. The molecule has 0 aliphatic carbocycles. The first-order valence-electron chi connectivity index (χ1n) is 23.8. The van der Waals surface area contributed by atoms with E-state index in [0.29, 0.717) is 60.3 Å². The van der Waals surface area contributed by atoms with E-state index in [1.807, 2.05) is 9.13 Å². The Labute approximate surface area is 409 Å². The average Bonchev–Trinajstić information content (AvgIpc) is 3.88. The van der Waals surface area contributed by atoms with Crippen LogP contribution in [0.4, 0.5) is 16.4 Å². The molecule has 6 aromatic rings. The van der Waals surface area contributed by atoms with Gasteiger partial charge >= 0.3 is 18.2 Å². The number of fused-ring (bicyclic) bond motifs is 2. The smallest absolute Gasteiger partial charge is 0.461 e. The van der Waals surface area contributed by atoms with Crippen LogP contribution in [0.2, 0.25) is 0 Å². The summed E-state index contributed by atoms with van der Waals surface area (Å²) in [6.45, 7) is 18.4. The van der Waals surface area contributed by atoms with Crippen molar-refractivity contribution in [3.8, 4) is 12.0 Å². The van der Waals surface area contributed by atoms with Gasteiger partial charge in [0.15, 0.2) is 56.8 Å². The summed E-state index contributed by atoms with van der Waals surface area (Å²) in [5.74, 6) is 0.951. The van der Waals surface area contributed by atoms with E-state index in [2.05, 4.69) is 92.2 Å². The molecule has 2 saturated heterocycles. The number of imidazole rings is 2. The van der Waals surface area contributed by atoms with Gasteiger partial charge in [0.2, 0.25) is 0 Å². The van der Waals surface area contributed by atoms with Gasteiger partial charge in [0.05, 0.1) is 26.3 Å². The zero-order chi connectivity index (χ0) is 49.6. The highest BCUT2D eigenvalue weighted by atomic mass is 16.7. The minimum Gasteiger partial charge on any atom is -0.461 e. The number of aromatic nitrogens is 8. The molecule has 376 valence electrons. The van der Waals surface area contributed by atoms with Crippen molar-refractivity contribution < 1.29 is 33.2 Å². The van der Waals surface area contributed by atoms with Crippen LogP contribution in [0.15, 0.2) is 48.5 Å². The van der Waals surface area contributed by atoms with E-state index in [0.717, 1.165) is 76.6 Å². The van der Waals surface area contributed by atoms with Crippen LogP contribution in [0.25, 0.3) is 22.3 Å². The molecule has 0 unspecified atom stereocenters. The first-order valence-corrected chi connectivity index (χ1v) is 23.8. The number of methoxy groups -OCH3 is 2. The van der Waals surface area contributed by atoms with Crippen molar-refractivity contribution in [1.82, 2.24) is 58.6 Å². The Hall–Kier alpha value is -6.23. The molecule has 4 aromatic heterocycles. The van der Waals surface area contributed by atoms with Crippen LogP contribution in [0.5, 0.6) is 12.0 Å². The number of piperazine rings is 2. The second-order valence-corrected chi connectivity index (χ2v) is 19.1. The summed E-state index contributed by atoms with van der Waals surface area (Å²) < 4.78 is 38.3. The lowest BCUT2D eigenvalue weighted by Gasteiger charge is -2.32. The third kappa shape index (κ3) is 12.0. The third-order valence-corrected chi connectivity index (χ3v) is 12.7. The van der Waals surface area contributed by atoms with Crippen molar-refractivity contribution in [2.75, 3.05) is 119 Å². The van der Waals surface area contributed by atoms with Gasteiger partial charge in [0.1, 0.15) is 13.2 Å². The number of benzene rings is 2. The lowest BCUT2D eigenvalue weighted by atomic mass is 10.1. The van der Waals surface area contributed by atoms with Crippen LogP contribution in [-0.4, -0.2) is 172 Å². The molecule has 21 heteroatoms. The van der Waals surface area contributed by atoms with E-state index in [-0.39, 0.29) is 36.9 Å². The van der Waals surface area contributed by atoms with Crippen molar-refractivity contribution in [3.63, 3.8) is 0 Å². The second kappa shape index (κ2) is 21.8. The summed E-state index contributed by atoms with van der Waals surface area (Å²) in [4.78, 5) is 52.2. The first-order chi connectivity index (χ1) is 33.6. The Balaban J connectivity index is 1.09. The SMILES string of the molecule is COCCOc1nc(N)c2nc(C(C)(C)OC(=O)OC(C)(C)c3nc4c(N)nc(OCCOC)nc4n3Cc3cccc(CN4CCN(C)CC4)c3)n(Cc3cccc(CN4CCN(C)CC4)c3)c2n1. The molecule has 0 spiro atoms. The van der Waals surface area contributed by atoms with Gasteiger partial charge < -0.3 is 58.8 Å². The van der Waals surface area contributed by atoms with E-state index in [9.17, 15) is 4.79 Å². The number of carbonyl (C=O) groups excluding carboxylic acids is 1. The number of rotatable bonds is 20. The Bertz CT molecular complexity index is 2560. The second-order valence-electron chi connectivity index (χ2n) is 19.1. The molecule has 2 aliphatic rings. The number of anilines is 2. The van der Waals surface area contributed by atoms with Crippen molar-refractivity contribution in [3.05, 3.63) is 82.4 Å². The van der Waals surface area contributed by atoms with Crippen LogP contribution in [0.3, 0.4) is 0 Å². The minimum absolute atomic E-state index is 0.0714. The highest BCUT2D eigenvalue weighted by Gasteiger charge is 2.39. The summed E-state index contributed by atoms with van der Waals surface area (Å²) in [6.07, 6.45) is -0.971. The van der Waals surface area contributed by atoms with Crippen LogP contribution in [0, 0.1) is 0 Å². The molecule has 2 fully saturated rings. The summed E-state index contributed by atoms with van der Waals surface area (Å²) >= 11 is 0. The van der Waals surface area contributed by atoms with Gasteiger partial charge in [0, 0.05) is 79.7 Å². The monoisotopic (exact) mass is 965 g/mol. The summed E-state index contributed by atoms with van der Waals surface area (Å²) in [5.41, 5.74) is 16.1. The largest absolute Gasteiger partial charge is 0.510 e. The summed E-state index contributed by atoms with van der Waals surface area (Å²) in [5, 5.41) is 0. The van der Waals surface area contributed by atoms with E-state index < -0.39 is 17.4 Å². The van der Waals surface area contributed by atoms with Gasteiger partial charge in [-0.2, -0.15) is 19.9 Å². The molecule has 0 amide bonds. The zero-order valence-corrected chi connectivity index (χ0v) is 41.8. The van der Waals surface area contributed by atoms with Crippen molar-refractivity contribution in [1.29, 1.82) is 0 Å². The predicted octanol–water partition coefficient (Wildman–Crippen LogP) is 4.10. The fourth-order valence-corrected chi connectivity index (χ4v) is 8.86.